The summed E-state index contributed by atoms with van der Waals surface area (Å²) in [5.74, 6) is 11.1. The predicted molar refractivity (Wildman–Crippen MR) is 123 cm³/mol. The van der Waals surface area contributed by atoms with E-state index in [0.29, 0.717) is 28.8 Å². The fourth-order valence-corrected chi connectivity index (χ4v) is 2.87. The van der Waals surface area contributed by atoms with Gasteiger partial charge in [0.1, 0.15) is 17.6 Å². The van der Waals surface area contributed by atoms with Crippen LogP contribution in [-0.2, 0) is 0 Å². The molecular formula is C27H15N3O2. The normalized spacial score (nSPS) is 9.47. The maximum Gasteiger partial charge on any atom is 0.167 e. The fourth-order valence-electron chi connectivity index (χ4n) is 2.87. The summed E-state index contributed by atoms with van der Waals surface area (Å²) in [6, 6.07) is 24.0. The molecule has 1 heterocycles. The number of rotatable bonds is 4. The lowest BCUT2D eigenvalue weighted by Gasteiger charge is -2.09. The average molecular weight is 413 g/mol. The van der Waals surface area contributed by atoms with E-state index in [1.807, 2.05) is 60.7 Å². The molecule has 0 radical (unpaired) electrons. The number of hydrogen-bond donors (Lipinski definition) is 1. The fraction of sp³-hybridized carbons (Fsp3) is 0. The van der Waals surface area contributed by atoms with Crippen molar-refractivity contribution in [2.45, 2.75) is 0 Å². The number of aromatic hydroxyl groups is 1. The Bertz CT molecular complexity index is 1360. The van der Waals surface area contributed by atoms with E-state index in [-0.39, 0.29) is 5.75 Å². The van der Waals surface area contributed by atoms with Gasteiger partial charge in [0.15, 0.2) is 17.5 Å². The van der Waals surface area contributed by atoms with Crippen LogP contribution in [0.25, 0.3) is 34.2 Å². The Kier molecular flexibility index (Phi) is 6.09. The molecule has 4 rings (SSSR count). The molecule has 0 bridgehead atoms. The molecule has 0 atom stereocenters. The van der Waals surface area contributed by atoms with E-state index in [1.165, 1.54) is 6.07 Å². The number of benzene rings is 3. The van der Waals surface area contributed by atoms with Gasteiger partial charge in [0.25, 0.3) is 0 Å². The van der Waals surface area contributed by atoms with Crippen LogP contribution in [0.3, 0.4) is 0 Å². The van der Waals surface area contributed by atoms with Gasteiger partial charge in [0.2, 0.25) is 0 Å². The Labute approximate surface area is 185 Å². The molecule has 4 aromatic rings. The zero-order valence-corrected chi connectivity index (χ0v) is 16.8. The SMILES string of the molecule is C#CC#CC#COc1ccc(-c2nc(-c3ccccc3)nc(-c3ccccc3)n2)c(O)c1. The molecule has 1 aromatic heterocycles. The van der Waals surface area contributed by atoms with Crippen LogP contribution in [0.2, 0.25) is 0 Å². The van der Waals surface area contributed by atoms with Crippen LogP contribution in [0.1, 0.15) is 0 Å². The molecule has 32 heavy (non-hydrogen) atoms. The summed E-state index contributed by atoms with van der Waals surface area (Å²) >= 11 is 0. The molecule has 0 aliphatic rings. The minimum atomic E-state index is -0.0526. The molecule has 0 aliphatic carbocycles. The maximum atomic E-state index is 10.6. The smallest absolute Gasteiger partial charge is 0.167 e. The van der Waals surface area contributed by atoms with Crippen LogP contribution in [0.4, 0.5) is 0 Å². The van der Waals surface area contributed by atoms with E-state index in [9.17, 15) is 5.11 Å². The van der Waals surface area contributed by atoms with Crippen LogP contribution in [0.15, 0.2) is 78.9 Å². The molecule has 3 aromatic carbocycles. The maximum absolute atomic E-state index is 10.6. The van der Waals surface area contributed by atoms with Crippen molar-refractivity contribution in [1.82, 2.24) is 15.0 Å². The molecule has 0 fully saturated rings. The van der Waals surface area contributed by atoms with Crippen LogP contribution < -0.4 is 4.74 Å². The highest BCUT2D eigenvalue weighted by Gasteiger charge is 2.15. The number of phenols is 1. The quantitative estimate of drug-likeness (QED) is 0.497. The van der Waals surface area contributed by atoms with Crippen LogP contribution in [-0.4, -0.2) is 20.1 Å². The molecule has 5 nitrogen and oxygen atoms in total. The third-order valence-electron chi connectivity index (χ3n) is 4.33. The molecule has 150 valence electrons. The Balaban J connectivity index is 1.75. The summed E-state index contributed by atoms with van der Waals surface area (Å²) in [6.45, 7) is 0. The molecule has 0 spiro atoms. The second-order valence-electron chi connectivity index (χ2n) is 6.44. The highest BCUT2D eigenvalue weighted by Crippen LogP contribution is 2.32. The lowest BCUT2D eigenvalue weighted by atomic mass is 10.1. The molecular weight excluding hydrogens is 398 g/mol. The number of aromatic nitrogens is 3. The monoisotopic (exact) mass is 413 g/mol. The predicted octanol–water partition coefficient (Wildman–Crippen LogP) is 4.55. The minimum absolute atomic E-state index is 0.0526. The van der Waals surface area contributed by atoms with Crippen molar-refractivity contribution in [3.05, 3.63) is 78.9 Å². The first-order valence-electron chi connectivity index (χ1n) is 9.57. The topological polar surface area (TPSA) is 68.1 Å². The van der Waals surface area contributed by atoms with Crippen molar-refractivity contribution in [3.8, 4) is 81.9 Å². The molecule has 5 heteroatoms. The van der Waals surface area contributed by atoms with Gasteiger partial charge in [0.05, 0.1) is 5.56 Å². The summed E-state index contributed by atoms with van der Waals surface area (Å²) in [6.07, 6.45) is 7.44. The molecule has 0 amide bonds. The van der Waals surface area contributed by atoms with Crippen molar-refractivity contribution in [3.63, 3.8) is 0 Å². The second-order valence-corrected chi connectivity index (χ2v) is 6.44. The van der Waals surface area contributed by atoms with E-state index < -0.39 is 0 Å². The number of ether oxygens (including phenoxy) is 1. The van der Waals surface area contributed by atoms with Crippen molar-refractivity contribution in [2.24, 2.45) is 0 Å². The van der Waals surface area contributed by atoms with E-state index in [1.54, 1.807) is 12.1 Å². The van der Waals surface area contributed by atoms with Gasteiger partial charge in [-0.25, -0.2) is 15.0 Å². The third-order valence-corrected chi connectivity index (χ3v) is 4.33. The van der Waals surface area contributed by atoms with Gasteiger partial charge in [-0.2, -0.15) is 0 Å². The van der Waals surface area contributed by atoms with Gasteiger partial charge >= 0.3 is 0 Å². The van der Waals surface area contributed by atoms with Gasteiger partial charge in [-0.05, 0) is 24.0 Å². The first kappa shape index (κ1) is 20.2. The highest BCUT2D eigenvalue weighted by atomic mass is 16.5. The van der Waals surface area contributed by atoms with Crippen molar-refractivity contribution in [1.29, 1.82) is 0 Å². The number of hydrogen-bond acceptors (Lipinski definition) is 5. The number of nitrogens with zero attached hydrogens (tertiary/aromatic N) is 3. The van der Waals surface area contributed by atoms with E-state index in [0.717, 1.165) is 11.1 Å². The van der Waals surface area contributed by atoms with Crippen molar-refractivity contribution < 1.29 is 9.84 Å². The van der Waals surface area contributed by atoms with E-state index in [4.69, 9.17) is 11.2 Å². The minimum Gasteiger partial charge on any atom is -0.507 e. The summed E-state index contributed by atoms with van der Waals surface area (Å²) in [4.78, 5) is 13.8. The molecule has 0 saturated heterocycles. The van der Waals surface area contributed by atoms with Gasteiger partial charge in [-0.3, -0.25) is 0 Å². The standard InChI is InChI=1S/C27H15N3O2/c1-2-3-4-11-18-32-22-16-17-23(24(31)19-22)27-29-25(20-12-7-5-8-13-20)28-26(30-27)21-14-9-6-10-15-21/h1,5-10,12-17,19,31H. The summed E-state index contributed by atoms with van der Waals surface area (Å²) < 4.78 is 5.27. The van der Waals surface area contributed by atoms with Crippen molar-refractivity contribution >= 4 is 0 Å². The first-order valence-corrected chi connectivity index (χ1v) is 9.57. The highest BCUT2D eigenvalue weighted by molar-refractivity contribution is 5.70. The summed E-state index contributed by atoms with van der Waals surface area (Å²) in [5, 5.41) is 10.6. The van der Waals surface area contributed by atoms with E-state index in [2.05, 4.69) is 44.7 Å². The van der Waals surface area contributed by atoms with Gasteiger partial charge < -0.3 is 9.84 Å². The van der Waals surface area contributed by atoms with Gasteiger partial charge in [0, 0.05) is 29.0 Å². The third kappa shape index (κ3) is 4.74. The Morgan fingerprint density at radius 3 is 1.84 bits per heavy atom. The zero-order valence-electron chi connectivity index (χ0n) is 16.8. The Morgan fingerprint density at radius 1 is 0.688 bits per heavy atom. The number of phenolic OH excluding ortho intramolecular Hbond substituents is 1. The first-order chi connectivity index (χ1) is 15.7. The summed E-state index contributed by atoms with van der Waals surface area (Å²) in [5.41, 5.74) is 2.13. The van der Waals surface area contributed by atoms with Crippen LogP contribution in [0, 0.1) is 36.2 Å². The second kappa shape index (κ2) is 9.63. The van der Waals surface area contributed by atoms with Gasteiger partial charge in [-0.15, -0.1) is 6.42 Å². The summed E-state index contributed by atoms with van der Waals surface area (Å²) in [7, 11) is 0. The molecule has 0 saturated carbocycles. The van der Waals surface area contributed by atoms with E-state index >= 15 is 0 Å². The lowest BCUT2D eigenvalue weighted by Crippen LogP contribution is -2.00. The van der Waals surface area contributed by atoms with Gasteiger partial charge in [-0.1, -0.05) is 60.7 Å². The van der Waals surface area contributed by atoms with Crippen LogP contribution >= 0.6 is 0 Å². The molecule has 1 N–H and O–H groups in total. The van der Waals surface area contributed by atoms with Crippen LogP contribution in [0.5, 0.6) is 11.5 Å². The molecule has 0 aliphatic heterocycles. The average Bonchev–Trinajstić information content (AvgIpc) is 2.85. The number of terminal acetylenes is 1. The largest absolute Gasteiger partial charge is 0.507 e. The molecule has 0 unspecified atom stereocenters. The van der Waals surface area contributed by atoms with Crippen molar-refractivity contribution in [2.75, 3.05) is 0 Å². The Hall–Kier alpha value is -5.05. The lowest BCUT2D eigenvalue weighted by molar-refractivity contribution is 0.466. The Morgan fingerprint density at radius 2 is 1.28 bits per heavy atom. The zero-order chi connectivity index (χ0) is 22.2.